The number of nitrogens with zero attached hydrogens (tertiary/aromatic N) is 2. The summed E-state index contributed by atoms with van der Waals surface area (Å²) in [6, 6.07) is 6.56. The molecular formula is C17H18Cl3F2N3O2. The van der Waals surface area contributed by atoms with Crippen molar-refractivity contribution < 1.29 is 18.3 Å². The highest BCUT2D eigenvalue weighted by molar-refractivity contribution is 6.67. The summed E-state index contributed by atoms with van der Waals surface area (Å²) in [4.78, 5) is 11.9. The summed E-state index contributed by atoms with van der Waals surface area (Å²) in [6.45, 7) is 1.25. The van der Waals surface area contributed by atoms with Crippen molar-refractivity contribution in [2.45, 2.75) is 23.1 Å². The van der Waals surface area contributed by atoms with Crippen molar-refractivity contribution >= 4 is 46.7 Å². The van der Waals surface area contributed by atoms with E-state index in [0.717, 1.165) is 5.56 Å². The molecule has 0 unspecified atom stereocenters. The molecule has 0 aliphatic rings. The molecular weight excluding hydrogens is 423 g/mol. The molecule has 2 aromatic rings. The fraction of sp³-hybridized carbons (Fsp3) is 0.412. The first-order valence-corrected chi connectivity index (χ1v) is 9.01. The molecule has 0 saturated heterocycles. The summed E-state index contributed by atoms with van der Waals surface area (Å²) in [5.41, 5.74) is 0.690. The SMILES string of the molecule is Cc1cc(C(C)(CF)CF)ccc1-n1nccc1NC(=O)OCC(Cl)(Cl)Cl. The van der Waals surface area contributed by atoms with Gasteiger partial charge in [-0.25, -0.2) is 9.48 Å². The lowest BCUT2D eigenvalue weighted by atomic mass is 9.84. The lowest BCUT2D eigenvalue weighted by molar-refractivity contribution is 0.163. The third kappa shape index (κ3) is 5.46. The van der Waals surface area contributed by atoms with Crippen molar-refractivity contribution in [1.29, 1.82) is 0 Å². The number of carbonyl (C=O) groups excluding carboxylic acids is 1. The quantitative estimate of drug-likeness (QED) is 0.621. The Kier molecular flexibility index (Phi) is 6.94. The maximum atomic E-state index is 13.3. The number of rotatable bonds is 6. The fourth-order valence-corrected chi connectivity index (χ4v) is 2.50. The fourth-order valence-electron chi connectivity index (χ4n) is 2.34. The summed E-state index contributed by atoms with van der Waals surface area (Å²) in [6.07, 6.45) is 0.658. The number of halogens is 5. The minimum Gasteiger partial charge on any atom is -0.445 e. The van der Waals surface area contributed by atoms with Crippen LogP contribution in [0.25, 0.3) is 5.69 Å². The lowest BCUT2D eigenvalue weighted by Gasteiger charge is -2.24. The van der Waals surface area contributed by atoms with Crippen molar-refractivity contribution in [2.75, 3.05) is 25.3 Å². The molecule has 0 radical (unpaired) electrons. The Morgan fingerprint density at radius 2 is 1.93 bits per heavy atom. The third-order valence-electron chi connectivity index (χ3n) is 3.95. The normalized spacial score (nSPS) is 12.1. The van der Waals surface area contributed by atoms with Gasteiger partial charge in [-0.2, -0.15) is 5.10 Å². The second-order valence-corrected chi connectivity index (χ2v) is 8.79. The number of nitrogens with one attached hydrogen (secondary N) is 1. The standard InChI is InChI=1S/C17H18Cl3F2N3O2/c1-11-7-12(16(2,8-21)9-22)3-4-13(11)25-14(5-6-23-25)24-15(26)27-10-17(18,19)20/h3-7H,8-10H2,1-2H3,(H,24,26). The van der Waals surface area contributed by atoms with E-state index in [1.54, 1.807) is 31.2 Å². The van der Waals surface area contributed by atoms with Gasteiger partial charge in [0, 0.05) is 11.5 Å². The smallest absolute Gasteiger partial charge is 0.412 e. The topological polar surface area (TPSA) is 56.2 Å². The van der Waals surface area contributed by atoms with E-state index in [1.807, 2.05) is 0 Å². The molecule has 1 N–H and O–H groups in total. The molecule has 1 aromatic heterocycles. The zero-order chi connectivity index (χ0) is 20.2. The van der Waals surface area contributed by atoms with Crippen LogP contribution in [0.5, 0.6) is 0 Å². The molecule has 10 heteroatoms. The molecule has 0 saturated carbocycles. The van der Waals surface area contributed by atoms with Crippen LogP contribution in [0.15, 0.2) is 30.5 Å². The highest BCUT2D eigenvalue weighted by Crippen LogP contribution is 2.29. The number of ether oxygens (including phenoxy) is 1. The number of anilines is 1. The molecule has 0 atom stereocenters. The maximum absolute atomic E-state index is 13.3. The summed E-state index contributed by atoms with van der Waals surface area (Å²) < 4.78 is 31.1. The predicted molar refractivity (Wildman–Crippen MR) is 103 cm³/mol. The van der Waals surface area contributed by atoms with E-state index in [4.69, 9.17) is 39.5 Å². The van der Waals surface area contributed by atoms with Crippen molar-refractivity contribution in [3.05, 3.63) is 41.6 Å². The number of aryl methyl sites for hydroxylation is 1. The number of benzene rings is 1. The van der Waals surface area contributed by atoms with Gasteiger partial charge < -0.3 is 4.74 Å². The largest absolute Gasteiger partial charge is 0.445 e. The molecule has 0 spiro atoms. The second kappa shape index (κ2) is 8.63. The first-order chi connectivity index (χ1) is 12.6. The van der Waals surface area contributed by atoms with Crippen molar-refractivity contribution in [3.8, 4) is 5.69 Å². The monoisotopic (exact) mass is 439 g/mol. The molecule has 148 valence electrons. The number of hydrogen-bond donors (Lipinski definition) is 1. The van der Waals surface area contributed by atoms with Gasteiger partial charge in [0.1, 0.15) is 25.8 Å². The van der Waals surface area contributed by atoms with Crippen molar-refractivity contribution in [3.63, 3.8) is 0 Å². The number of amides is 1. The van der Waals surface area contributed by atoms with E-state index >= 15 is 0 Å². The van der Waals surface area contributed by atoms with Crippen LogP contribution in [-0.2, 0) is 10.2 Å². The van der Waals surface area contributed by atoms with Crippen LogP contribution in [0.2, 0.25) is 0 Å². The van der Waals surface area contributed by atoms with Gasteiger partial charge in [-0.05, 0) is 24.1 Å². The predicted octanol–water partition coefficient (Wildman–Crippen LogP) is 5.30. The number of aromatic nitrogens is 2. The molecule has 27 heavy (non-hydrogen) atoms. The van der Waals surface area contributed by atoms with Gasteiger partial charge in [-0.1, -0.05) is 53.9 Å². The van der Waals surface area contributed by atoms with E-state index in [0.29, 0.717) is 17.1 Å². The maximum Gasteiger partial charge on any atom is 0.412 e. The van der Waals surface area contributed by atoms with Gasteiger partial charge in [-0.3, -0.25) is 14.1 Å². The van der Waals surface area contributed by atoms with Crippen LogP contribution >= 0.6 is 34.8 Å². The Bertz CT molecular complexity index is 805. The minimum atomic E-state index is -1.72. The molecule has 0 fully saturated rings. The van der Waals surface area contributed by atoms with Gasteiger partial charge in [0.25, 0.3) is 0 Å². The van der Waals surface area contributed by atoms with E-state index in [-0.39, 0.29) is 0 Å². The number of alkyl halides is 5. The van der Waals surface area contributed by atoms with Crippen LogP contribution in [0, 0.1) is 6.92 Å². The van der Waals surface area contributed by atoms with Crippen LogP contribution in [0.3, 0.4) is 0 Å². The average molecular weight is 441 g/mol. The number of hydrogen-bond acceptors (Lipinski definition) is 3. The van der Waals surface area contributed by atoms with Crippen molar-refractivity contribution in [2.24, 2.45) is 0 Å². The summed E-state index contributed by atoms with van der Waals surface area (Å²) in [5, 5.41) is 6.66. The zero-order valence-corrected chi connectivity index (χ0v) is 16.9. The highest BCUT2D eigenvalue weighted by Gasteiger charge is 2.28. The molecule has 1 aromatic carbocycles. The average Bonchev–Trinajstić information content (AvgIpc) is 3.06. The molecule has 1 amide bonds. The number of carbonyl (C=O) groups is 1. The summed E-state index contributed by atoms with van der Waals surface area (Å²) >= 11 is 16.6. The van der Waals surface area contributed by atoms with Crippen LogP contribution < -0.4 is 5.32 Å². The van der Waals surface area contributed by atoms with Crippen molar-refractivity contribution in [1.82, 2.24) is 9.78 Å². The second-order valence-electron chi connectivity index (χ2n) is 6.27. The first-order valence-electron chi connectivity index (χ1n) is 7.87. The van der Waals surface area contributed by atoms with Crippen LogP contribution in [0.1, 0.15) is 18.1 Å². The first kappa shape index (κ1) is 21.7. The Labute approximate surface area is 170 Å². The van der Waals surface area contributed by atoms with E-state index in [9.17, 15) is 13.6 Å². The Balaban J connectivity index is 2.23. The summed E-state index contributed by atoms with van der Waals surface area (Å²) in [5.74, 6) is 0.318. The molecule has 0 bridgehead atoms. The van der Waals surface area contributed by atoms with Crippen LogP contribution in [-0.4, -0.2) is 39.6 Å². The molecule has 2 rings (SSSR count). The molecule has 0 aliphatic carbocycles. The third-order valence-corrected chi connectivity index (χ3v) is 4.28. The van der Waals surface area contributed by atoms with Gasteiger partial charge in [0.2, 0.25) is 3.79 Å². The Morgan fingerprint density at radius 1 is 1.26 bits per heavy atom. The Morgan fingerprint density at radius 3 is 2.48 bits per heavy atom. The summed E-state index contributed by atoms with van der Waals surface area (Å²) in [7, 11) is 0. The van der Waals surface area contributed by atoms with E-state index in [1.165, 1.54) is 17.8 Å². The van der Waals surface area contributed by atoms with E-state index in [2.05, 4.69) is 10.4 Å². The van der Waals surface area contributed by atoms with Gasteiger partial charge >= 0.3 is 6.09 Å². The highest BCUT2D eigenvalue weighted by atomic mass is 35.6. The molecule has 0 aliphatic heterocycles. The van der Waals surface area contributed by atoms with Crippen LogP contribution in [0.4, 0.5) is 19.4 Å². The van der Waals surface area contributed by atoms with Gasteiger partial charge in [0.15, 0.2) is 0 Å². The zero-order valence-electron chi connectivity index (χ0n) is 14.6. The molecule has 1 heterocycles. The molecule has 5 nitrogen and oxygen atoms in total. The Hall–Kier alpha value is -1.57. The van der Waals surface area contributed by atoms with Gasteiger partial charge in [-0.15, -0.1) is 0 Å². The minimum absolute atomic E-state index is 0.318. The lowest BCUT2D eigenvalue weighted by Crippen LogP contribution is -2.27. The van der Waals surface area contributed by atoms with Gasteiger partial charge in [0.05, 0.1) is 11.9 Å². The van der Waals surface area contributed by atoms with E-state index < -0.39 is 35.3 Å².